The number of phenolic OH excluding ortho intramolecular Hbond substituents is 1. The Hall–Kier alpha value is -2.48. The van der Waals surface area contributed by atoms with Crippen LogP contribution >= 0.6 is 11.8 Å². The van der Waals surface area contributed by atoms with Crippen LogP contribution in [-0.2, 0) is 14.3 Å². The molecule has 0 unspecified atom stereocenters. The molecule has 1 aliphatic rings. The number of aromatic hydroxyl groups is 1. The number of phenols is 1. The maximum atomic E-state index is 12.3. The first kappa shape index (κ1) is 17.9. The van der Waals surface area contributed by atoms with E-state index in [9.17, 15) is 19.5 Å². The van der Waals surface area contributed by atoms with Gasteiger partial charge in [-0.3, -0.25) is 19.3 Å². The van der Waals surface area contributed by atoms with Crippen molar-refractivity contribution < 1.29 is 29.0 Å². The smallest absolute Gasteiger partial charge is 0.326 e. The third-order valence-electron chi connectivity index (χ3n) is 3.05. The summed E-state index contributed by atoms with van der Waals surface area (Å²) in [7, 11) is 1.48. The van der Waals surface area contributed by atoms with E-state index in [1.807, 2.05) is 0 Å². The lowest BCUT2D eigenvalue weighted by molar-refractivity contribution is -0.149. The molecule has 0 bridgehead atoms. The summed E-state index contributed by atoms with van der Waals surface area (Å²) in [6.45, 7) is 2.92. The van der Waals surface area contributed by atoms with E-state index in [1.54, 1.807) is 19.9 Å². The topological polar surface area (TPSA) is 93.1 Å². The molecule has 0 saturated carbocycles. The molecular formula is C16H17NO6S. The number of imide groups is 1. The first-order chi connectivity index (χ1) is 11.3. The van der Waals surface area contributed by atoms with Crippen LogP contribution in [0.5, 0.6) is 11.5 Å². The van der Waals surface area contributed by atoms with Crippen LogP contribution in [0.25, 0.3) is 6.08 Å². The molecule has 0 radical (unpaired) electrons. The maximum absolute atomic E-state index is 12.3. The second-order valence-corrected chi connectivity index (χ2v) is 6.22. The molecule has 2 amide bonds. The Balaban J connectivity index is 2.20. The fourth-order valence-electron chi connectivity index (χ4n) is 1.98. The van der Waals surface area contributed by atoms with Gasteiger partial charge in [-0.15, -0.1) is 0 Å². The van der Waals surface area contributed by atoms with E-state index >= 15 is 0 Å². The lowest BCUT2D eigenvalue weighted by Crippen LogP contribution is -2.35. The number of ether oxygens (including phenoxy) is 2. The Morgan fingerprint density at radius 1 is 1.38 bits per heavy atom. The van der Waals surface area contributed by atoms with Gasteiger partial charge < -0.3 is 14.6 Å². The van der Waals surface area contributed by atoms with Gasteiger partial charge in [-0.1, -0.05) is 0 Å². The van der Waals surface area contributed by atoms with Gasteiger partial charge in [0, 0.05) is 5.56 Å². The number of esters is 1. The summed E-state index contributed by atoms with van der Waals surface area (Å²) in [6, 6.07) is 4.53. The van der Waals surface area contributed by atoms with Gasteiger partial charge in [-0.2, -0.15) is 0 Å². The van der Waals surface area contributed by atoms with Gasteiger partial charge in [0.05, 0.1) is 18.1 Å². The number of methoxy groups -OCH3 is 1. The summed E-state index contributed by atoms with van der Waals surface area (Å²) in [5.41, 5.74) is 0.338. The molecule has 0 aromatic heterocycles. The molecule has 7 nitrogen and oxygen atoms in total. The number of carbonyl (C=O) groups excluding carboxylic acids is 3. The first-order valence-corrected chi connectivity index (χ1v) is 7.95. The molecule has 1 saturated heterocycles. The lowest BCUT2D eigenvalue weighted by atomic mass is 10.1. The van der Waals surface area contributed by atoms with Gasteiger partial charge in [0.15, 0.2) is 0 Å². The van der Waals surface area contributed by atoms with Crippen molar-refractivity contribution in [2.75, 3.05) is 13.7 Å². The fraction of sp³-hybridized carbons (Fsp3) is 0.312. The van der Waals surface area contributed by atoms with Crippen molar-refractivity contribution in [3.63, 3.8) is 0 Å². The average Bonchev–Trinajstić information content (AvgIpc) is 2.76. The predicted molar refractivity (Wildman–Crippen MR) is 88.6 cm³/mol. The van der Waals surface area contributed by atoms with Crippen LogP contribution in [0.1, 0.15) is 19.4 Å². The van der Waals surface area contributed by atoms with Gasteiger partial charge in [0.1, 0.15) is 18.0 Å². The Morgan fingerprint density at radius 3 is 2.71 bits per heavy atom. The Kier molecular flexibility index (Phi) is 5.50. The normalized spacial score (nSPS) is 16.2. The molecule has 2 rings (SSSR count). The number of thioether (sulfide) groups is 1. The van der Waals surface area contributed by atoms with Crippen molar-refractivity contribution in [3.05, 3.63) is 28.7 Å². The molecule has 8 heteroatoms. The zero-order valence-corrected chi connectivity index (χ0v) is 14.3. The van der Waals surface area contributed by atoms with Crippen LogP contribution in [0.2, 0.25) is 0 Å². The standard InChI is InChI=1S/C16H17NO6S/c1-9(2)23-14(19)8-17-15(20)13(24-16(17)21)7-10-6-11(22-3)4-5-12(10)18/h4-7,9,18H,8H2,1-3H3/b13-7-. The van der Waals surface area contributed by atoms with Gasteiger partial charge in [-0.05, 0) is 49.9 Å². The third-order valence-corrected chi connectivity index (χ3v) is 3.96. The number of benzene rings is 1. The minimum absolute atomic E-state index is 0.0539. The molecule has 0 spiro atoms. The van der Waals surface area contributed by atoms with Gasteiger partial charge in [0.25, 0.3) is 11.1 Å². The van der Waals surface area contributed by atoms with Crippen molar-refractivity contribution >= 4 is 35.0 Å². The van der Waals surface area contributed by atoms with Crippen molar-refractivity contribution in [2.45, 2.75) is 20.0 Å². The monoisotopic (exact) mass is 351 g/mol. The summed E-state index contributed by atoms with van der Waals surface area (Å²) >= 11 is 0.698. The number of rotatable bonds is 5. The lowest BCUT2D eigenvalue weighted by Gasteiger charge is -2.13. The maximum Gasteiger partial charge on any atom is 0.326 e. The quantitative estimate of drug-likeness (QED) is 0.643. The summed E-state index contributed by atoms with van der Waals surface area (Å²) in [6.07, 6.45) is 1.05. The molecular weight excluding hydrogens is 334 g/mol. The van der Waals surface area contributed by atoms with E-state index in [4.69, 9.17) is 9.47 Å². The predicted octanol–water partition coefficient (Wildman–Crippen LogP) is 2.39. The third kappa shape index (κ3) is 4.08. The molecule has 0 aliphatic carbocycles. The summed E-state index contributed by atoms with van der Waals surface area (Å²) in [5.74, 6) is -0.814. The largest absolute Gasteiger partial charge is 0.507 e. The van der Waals surface area contributed by atoms with Crippen LogP contribution in [0.15, 0.2) is 23.1 Å². The molecule has 1 N–H and O–H groups in total. The van der Waals surface area contributed by atoms with E-state index in [-0.39, 0.29) is 16.8 Å². The molecule has 1 aliphatic heterocycles. The first-order valence-electron chi connectivity index (χ1n) is 7.13. The number of amides is 2. The second-order valence-electron chi connectivity index (χ2n) is 5.23. The molecule has 1 aromatic carbocycles. The number of hydrogen-bond donors (Lipinski definition) is 1. The SMILES string of the molecule is COc1ccc(O)c(/C=C2\SC(=O)N(CC(=O)OC(C)C)C2=O)c1. The van der Waals surface area contributed by atoms with E-state index in [1.165, 1.54) is 25.3 Å². The van der Waals surface area contributed by atoms with Gasteiger partial charge >= 0.3 is 5.97 Å². The summed E-state index contributed by atoms with van der Waals surface area (Å²) in [4.78, 5) is 36.8. The molecule has 1 fully saturated rings. The molecule has 128 valence electrons. The van der Waals surface area contributed by atoms with E-state index in [0.717, 1.165) is 4.90 Å². The number of carbonyl (C=O) groups is 3. The van der Waals surface area contributed by atoms with E-state index in [2.05, 4.69) is 0 Å². The molecule has 24 heavy (non-hydrogen) atoms. The summed E-state index contributed by atoms with van der Waals surface area (Å²) in [5, 5.41) is 9.30. The van der Waals surface area contributed by atoms with Crippen molar-refractivity contribution in [3.8, 4) is 11.5 Å². The van der Waals surface area contributed by atoms with Crippen molar-refractivity contribution in [1.29, 1.82) is 0 Å². The second kappa shape index (κ2) is 7.39. The van der Waals surface area contributed by atoms with Crippen LogP contribution in [0, 0.1) is 0 Å². The highest BCUT2D eigenvalue weighted by Crippen LogP contribution is 2.34. The zero-order valence-electron chi connectivity index (χ0n) is 13.4. The van der Waals surface area contributed by atoms with Crippen LogP contribution < -0.4 is 4.74 Å². The highest BCUT2D eigenvalue weighted by atomic mass is 32.2. The van der Waals surface area contributed by atoms with E-state index < -0.39 is 23.7 Å². The summed E-state index contributed by atoms with van der Waals surface area (Å²) < 4.78 is 10.0. The molecule has 1 aromatic rings. The van der Waals surface area contributed by atoms with Crippen LogP contribution in [0.3, 0.4) is 0 Å². The Labute approximate surface area is 143 Å². The average molecular weight is 351 g/mol. The molecule has 0 atom stereocenters. The Morgan fingerprint density at radius 2 is 2.08 bits per heavy atom. The van der Waals surface area contributed by atoms with Crippen LogP contribution in [-0.4, -0.2) is 46.9 Å². The van der Waals surface area contributed by atoms with Gasteiger partial charge in [0.2, 0.25) is 0 Å². The molecule has 1 heterocycles. The van der Waals surface area contributed by atoms with Crippen molar-refractivity contribution in [1.82, 2.24) is 4.90 Å². The number of hydrogen-bond acceptors (Lipinski definition) is 7. The zero-order chi connectivity index (χ0) is 17.9. The Bertz CT molecular complexity index is 713. The fourth-order valence-corrected chi connectivity index (χ4v) is 2.81. The van der Waals surface area contributed by atoms with Crippen molar-refractivity contribution in [2.24, 2.45) is 0 Å². The highest BCUT2D eigenvalue weighted by molar-refractivity contribution is 8.18. The van der Waals surface area contributed by atoms with Gasteiger partial charge in [-0.25, -0.2) is 0 Å². The number of nitrogens with zero attached hydrogens (tertiary/aromatic N) is 1. The van der Waals surface area contributed by atoms with Crippen LogP contribution in [0.4, 0.5) is 4.79 Å². The minimum atomic E-state index is -0.655. The highest BCUT2D eigenvalue weighted by Gasteiger charge is 2.36. The van der Waals surface area contributed by atoms with E-state index in [0.29, 0.717) is 23.1 Å². The minimum Gasteiger partial charge on any atom is -0.507 e.